The number of aliphatic hydroxyl groups excluding tert-OH is 1. The predicted octanol–water partition coefficient (Wildman–Crippen LogP) is 0.992. The van der Waals surface area contributed by atoms with Gasteiger partial charge >= 0.3 is 0 Å². The molecule has 2 unspecified atom stereocenters. The fourth-order valence-electron chi connectivity index (χ4n) is 1.87. The number of hydrogen-bond donors (Lipinski definition) is 1. The first-order valence-electron chi connectivity index (χ1n) is 5.38. The van der Waals surface area contributed by atoms with E-state index in [9.17, 15) is 5.11 Å². The fourth-order valence-corrected chi connectivity index (χ4v) is 1.87. The second-order valence-corrected chi connectivity index (χ2v) is 4.30. The quantitative estimate of drug-likeness (QED) is 0.746. The predicted molar refractivity (Wildman–Crippen MR) is 58.8 cm³/mol. The molecule has 82 valence electrons. The molecule has 4 heteroatoms. The second kappa shape index (κ2) is 4.14. The molecule has 0 aliphatic carbocycles. The second-order valence-electron chi connectivity index (χ2n) is 4.30. The van der Waals surface area contributed by atoms with E-state index >= 15 is 0 Å². The minimum atomic E-state index is -0.242. The Balaban J connectivity index is 2.12. The average Bonchev–Trinajstić information content (AvgIpc) is 2.22. The van der Waals surface area contributed by atoms with Crippen LogP contribution < -0.4 is 4.90 Å². The maximum absolute atomic E-state index is 9.79. The lowest BCUT2D eigenvalue weighted by Crippen LogP contribution is -2.43. The molecule has 1 N–H and O–H groups in total. The number of aromatic nitrogens is 2. The third-order valence-corrected chi connectivity index (χ3v) is 3.03. The number of hydrogen-bond acceptors (Lipinski definition) is 4. The lowest BCUT2D eigenvalue weighted by Gasteiger charge is -2.34. The van der Waals surface area contributed by atoms with Gasteiger partial charge in [0.1, 0.15) is 12.1 Å². The highest BCUT2D eigenvalue weighted by Crippen LogP contribution is 2.21. The van der Waals surface area contributed by atoms with Crippen LogP contribution in [0.3, 0.4) is 0 Å². The van der Waals surface area contributed by atoms with Gasteiger partial charge < -0.3 is 10.0 Å². The lowest BCUT2D eigenvalue weighted by molar-refractivity contribution is 0.102. The van der Waals surface area contributed by atoms with Crippen LogP contribution in [0.4, 0.5) is 5.82 Å². The molecular weight excluding hydrogens is 190 g/mol. The molecule has 4 nitrogen and oxygen atoms in total. The molecule has 0 saturated carbocycles. The molecule has 1 aromatic heterocycles. The van der Waals surface area contributed by atoms with Crippen LogP contribution in [0.5, 0.6) is 0 Å². The Morgan fingerprint density at radius 2 is 2.27 bits per heavy atom. The van der Waals surface area contributed by atoms with E-state index in [0.29, 0.717) is 12.5 Å². The molecule has 15 heavy (non-hydrogen) atoms. The van der Waals surface area contributed by atoms with Gasteiger partial charge in [0, 0.05) is 24.8 Å². The van der Waals surface area contributed by atoms with Crippen LogP contribution in [0.15, 0.2) is 12.4 Å². The Kier molecular flexibility index (Phi) is 2.86. The topological polar surface area (TPSA) is 49.2 Å². The van der Waals surface area contributed by atoms with Gasteiger partial charge in [-0.05, 0) is 19.3 Å². The first-order chi connectivity index (χ1) is 7.16. The normalized spacial score (nSPS) is 26.7. The third-order valence-electron chi connectivity index (χ3n) is 3.03. The van der Waals surface area contributed by atoms with E-state index in [1.54, 1.807) is 6.33 Å². The molecule has 1 aliphatic rings. The summed E-state index contributed by atoms with van der Waals surface area (Å²) in [6.07, 6.45) is 2.35. The molecule has 1 saturated heterocycles. The van der Waals surface area contributed by atoms with E-state index in [1.165, 1.54) is 0 Å². The largest absolute Gasteiger partial charge is 0.391 e. The summed E-state index contributed by atoms with van der Waals surface area (Å²) in [5, 5.41) is 9.79. The summed E-state index contributed by atoms with van der Waals surface area (Å²) in [6, 6.07) is 1.96. The molecule has 2 atom stereocenters. The molecule has 2 heterocycles. The maximum Gasteiger partial charge on any atom is 0.132 e. The monoisotopic (exact) mass is 207 g/mol. The number of aryl methyl sites for hydroxylation is 1. The summed E-state index contributed by atoms with van der Waals surface area (Å²) in [5.41, 5.74) is 0.966. The summed E-state index contributed by atoms with van der Waals surface area (Å²) in [6.45, 7) is 5.69. The van der Waals surface area contributed by atoms with E-state index in [2.05, 4.69) is 21.8 Å². The zero-order valence-corrected chi connectivity index (χ0v) is 9.22. The first-order valence-corrected chi connectivity index (χ1v) is 5.38. The Labute approximate surface area is 90.0 Å². The van der Waals surface area contributed by atoms with Crippen LogP contribution in [0.25, 0.3) is 0 Å². The van der Waals surface area contributed by atoms with Crippen LogP contribution in [0.1, 0.15) is 19.0 Å². The third kappa shape index (κ3) is 2.26. The van der Waals surface area contributed by atoms with Crippen molar-refractivity contribution in [3.05, 3.63) is 18.1 Å². The fraction of sp³-hybridized carbons (Fsp3) is 0.636. The van der Waals surface area contributed by atoms with E-state index in [-0.39, 0.29) is 6.10 Å². The van der Waals surface area contributed by atoms with Crippen LogP contribution >= 0.6 is 0 Å². The number of anilines is 1. The summed E-state index contributed by atoms with van der Waals surface area (Å²) in [5.74, 6) is 1.32. The Bertz CT molecular complexity index is 342. The summed E-state index contributed by atoms with van der Waals surface area (Å²) in [4.78, 5) is 10.4. The van der Waals surface area contributed by atoms with E-state index in [0.717, 1.165) is 24.5 Å². The SMILES string of the molecule is Cc1cc(N2CCC(C)C(O)C2)ncn1. The maximum atomic E-state index is 9.79. The summed E-state index contributed by atoms with van der Waals surface area (Å²) < 4.78 is 0. The number of rotatable bonds is 1. The average molecular weight is 207 g/mol. The number of piperidine rings is 1. The number of β-amino-alcohol motifs (C(OH)–C–C–N with tert-alkyl or cyclic N) is 1. The molecule has 1 aliphatic heterocycles. The van der Waals surface area contributed by atoms with Gasteiger partial charge in [0.2, 0.25) is 0 Å². The van der Waals surface area contributed by atoms with E-state index in [4.69, 9.17) is 0 Å². The van der Waals surface area contributed by atoms with Crippen molar-refractivity contribution in [3.63, 3.8) is 0 Å². The molecule has 0 amide bonds. The van der Waals surface area contributed by atoms with Crippen molar-refractivity contribution in [1.29, 1.82) is 0 Å². The molecule has 1 fully saturated rings. The van der Waals surface area contributed by atoms with Crippen molar-refractivity contribution in [1.82, 2.24) is 9.97 Å². The van der Waals surface area contributed by atoms with Crippen LogP contribution in [0, 0.1) is 12.8 Å². The van der Waals surface area contributed by atoms with Gasteiger partial charge in [-0.2, -0.15) is 0 Å². The lowest BCUT2D eigenvalue weighted by atomic mass is 9.96. The molecule has 0 bridgehead atoms. The van der Waals surface area contributed by atoms with Crippen molar-refractivity contribution in [2.45, 2.75) is 26.4 Å². The Hall–Kier alpha value is -1.16. The molecule has 2 rings (SSSR count). The van der Waals surface area contributed by atoms with E-state index < -0.39 is 0 Å². The van der Waals surface area contributed by atoms with Crippen molar-refractivity contribution in [3.8, 4) is 0 Å². The Morgan fingerprint density at radius 3 is 2.93 bits per heavy atom. The highest BCUT2D eigenvalue weighted by molar-refractivity contribution is 5.39. The van der Waals surface area contributed by atoms with Crippen LogP contribution in [-0.4, -0.2) is 34.3 Å². The van der Waals surface area contributed by atoms with Crippen LogP contribution in [0.2, 0.25) is 0 Å². The van der Waals surface area contributed by atoms with Crippen molar-refractivity contribution < 1.29 is 5.11 Å². The standard InChI is InChI=1S/C11H17N3O/c1-8-3-4-14(6-10(8)15)11-5-9(2)12-7-13-11/h5,7-8,10,15H,3-4,6H2,1-2H3. The Morgan fingerprint density at radius 1 is 1.47 bits per heavy atom. The smallest absolute Gasteiger partial charge is 0.132 e. The van der Waals surface area contributed by atoms with Gasteiger partial charge in [-0.3, -0.25) is 0 Å². The highest BCUT2D eigenvalue weighted by Gasteiger charge is 2.24. The van der Waals surface area contributed by atoms with Gasteiger partial charge in [-0.1, -0.05) is 6.92 Å². The van der Waals surface area contributed by atoms with Gasteiger partial charge in [-0.15, -0.1) is 0 Å². The minimum Gasteiger partial charge on any atom is -0.391 e. The first kappa shape index (κ1) is 10.4. The minimum absolute atomic E-state index is 0.242. The van der Waals surface area contributed by atoms with Crippen molar-refractivity contribution in [2.24, 2.45) is 5.92 Å². The van der Waals surface area contributed by atoms with Gasteiger partial charge in [0.15, 0.2) is 0 Å². The zero-order chi connectivity index (χ0) is 10.8. The van der Waals surface area contributed by atoms with Crippen molar-refractivity contribution >= 4 is 5.82 Å². The van der Waals surface area contributed by atoms with Gasteiger partial charge in [-0.25, -0.2) is 9.97 Å². The molecule has 0 aromatic carbocycles. The molecular formula is C11H17N3O. The summed E-state index contributed by atoms with van der Waals surface area (Å²) >= 11 is 0. The molecule has 1 aromatic rings. The van der Waals surface area contributed by atoms with Crippen molar-refractivity contribution in [2.75, 3.05) is 18.0 Å². The number of aliphatic hydroxyl groups is 1. The molecule has 0 radical (unpaired) electrons. The summed E-state index contributed by atoms with van der Waals surface area (Å²) in [7, 11) is 0. The molecule has 0 spiro atoms. The van der Waals surface area contributed by atoms with Gasteiger partial charge in [0.25, 0.3) is 0 Å². The zero-order valence-electron chi connectivity index (χ0n) is 9.22. The van der Waals surface area contributed by atoms with Crippen LogP contribution in [-0.2, 0) is 0 Å². The van der Waals surface area contributed by atoms with Gasteiger partial charge in [0.05, 0.1) is 6.10 Å². The highest BCUT2D eigenvalue weighted by atomic mass is 16.3. The van der Waals surface area contributed by atoms with E-state index in [1.807, 2.05) is 13.0 Å². The number of nitrogens with zero attached hydrogens (tertiary/aromatic N) is 3.